The van der Waals surface area contributed by atoms with Crippen LogP contribution in [0.2, 0.25) is 0 Å². The molecule has 0 saturated heterocycles. The van der Waals surface area contributed by atoms with Gasteiger partial charge in [-0.25, -0.2) is 4.39 Å². The minimum Gasteiger partial charge on any atom is -0.353 e. The highest BCUT2D eigenvalue weighted by molar-refractivity contribution is 7.10. The van der Waals surface area contributed by atoms with E-state index < -0.39 is 0 Å². The van der Waals surface area contributed by atoms with Gasteiger partial charge in [0.05, 0.1) is 19.1 Å². The number of rotatable bonds is 8. The molecule has 1 heterocycles. The molecule has 7 heteroatoms. The molecule has 5 nitrogen and oxygen atoms in total. The van der Waals surface area contributed by atoms with Crippen LogP contribution in [0.1, 0.15) is 30.3 Å². The molecule has 0 radical (unpaired) electrons. The Morgan fingerprint density at radius 3 is 2.23 bits per heavy atom. The lowest BCUT2D eigenvalue weighted by Crippen LogP contribution is -2.43. The molecule has 26 heavy (non-hydrogen) atoms. The number of hydrogen-bond acceptors (Lipinski definition) is 4. The lowest BCUT2D eigenvalue weighted by Gasteiger charge is -2.21. The van der Waals surface area contributed by atoms with Gasteiger partial charge in [0.2, 0.25) is 11.8 Å². The molecule has 0 unspecified atom stereocenters. The van der Waals surface area contributed by atoms with E-state index in [1.165, 1.54) is 23.5 Å². The number of likely N-dealkylation sites (N-methyl/N-ethyl adjacent to an activating group) is 1. The number of carbonyl (C=O) groups is 2. The minimum atomic E-state index is -0.346. The Bertz CT molecular complexity index is 717. The van der Waals surface area contributed by atoms with Crippen LogP contribution < -0.4 is 10.6 Å². The van der Waals surface area contributed by atoms with Gasteiger partial charge in [-0.15, -0.1) is 11.3 Å². The van der Waals surface area contributed by atoms with E-state index in [-0.39, 0.29) is 42.8 Å². The molecule has 0 aliphatic rings. The maximum Gasteiger partial charge on any atom is 0.234 e. The first-order chi connectivity index (χ1) is 12.3. The second-order valence-electron chi connectivity index (χ2n) is 6.46. The summed E-state index contributed by atoms with van der Waals surface area (Å²) in [4.78, 5) is 26.9. The summed E-state index contributed by atoms with van der Waals surface area (Å²) in [5.74, 6) is -0.642. The van der Waals surface area contributed by atoms with Crippen molar-refractivity contribution in [1.82, 2.24) is 15.5 Å². The number of carbonyl (C=O) groups excluding carboxylic acids is 2. The highest BCUT2D eigenvalue weighted by Crippen LogP contribution is 2.26. The maximum atomic E-state index is 13.2. The molecular weight excluding hydrogens is 353 g/mol. The third-order valence-corrected chi connectivity index (χ3v) is 4.55. The molecule has 0 aliphatic heterocycles. The Morgan fingerprint density at radius 2 is 1.69 bits per heavy atom. The van der Waals surface area contributed by atoms with Gasteiger partial charge in [-0.2, -0.15) is 0 Å². The number of thiophene rings is 1. The van der Waals surface area contributed by atoms with E-state index in [0.29, 0.717) is 0 Å². The molecular formula is C19H24FN3O2S. The molecule has 0 spiro atoms. The smallest absolute Gasteiger partial charge is 0.234 e. The SMILES string of the molecule is CC(C)NC(=O)CN(C)CC(=O)N[C@@H](c1ccc(F)cc1)c1cccs1. The standard InChI is InChI=1S/C19H24FN3O2S/c1-13(2)21-17(24)11-23(3)12-18(25)22-19(16-5-4-10-26-16)14-6-8-15(20)9-7-14/h4-10,13,19H,11-12H2,1-3H3,(H,21,24)(H,22,25)/t19-/m0/s1. The van der Waals surface area contributed by atoms with E-state index in [0.717, 1.165) is 10.4 Å². The number of hydrogen-bond donors (Lipinski definition) is 2. The first-order valence-corrected chi connectivity index (χ1v) is 9.29. The van der Waals surface area contributed by atoms with Crippen molar-refractivity contribution in [3.8, 4) is 0 Å². The van der Waals surface area contributed by atoms with Crippen molar-refractivity contribution in [3.05, 3.63) is 58.0 Å². The summed E-state index contributed by atoms with van der Waals surface area (Å²) in [7, 11) is 1.72. The summed E-state index contributed by atoms with van der Waals surface area (Å²) in [6, 6.07) is 9.64. The van der Waals surface area contributed by atoms with Crippen LogP contribution >= 0.6 is 11.3 Å². The third-order valence-electron chi connectivity index (χ3n) is 3.61. The number of benzene rings is 1. The first kappa shape index (κ1) is 20.1. The highest BCUT2D eigenvalue weighted by atomic mass is 32.1. The van der Waals surface area contributed by atoms with Crippen LogP contribution in [0.3, 0.4) is 0 Å². The second kappa shape index (κ2) is 9.45. The fraction of sp³-hybridized carbons (Fsp3) is 0.368. The quantitative estimate of drug-likeness (QED) is 0.743. The van der Waals surface area contributed by atoms with Gasteiger partial charge in [0.1, 0.15) is 5.82 Å². The van der Waals surface area contributed by atoms with Crippen molar-refractivity contribution < 1.29 is 14.0 Å². The Balaban J connectivity index is 2.00. The fourth-order valence-electron chi connectivity index (χ4n) is 2.55. The molecule has 2 aromatic rings. The third kappa shape index (κ3) is 6.24. The summed E-state index contributed by atoms with van der Waals surface area (Å²) in [5, 5.41) is 7.70. The molecule has 0 bridgehead atoms. The normalized spacial score (nSPS) is 12.2. The van der Waals surface area contributed by atoms with Crippen molar-refractivity contribution in [2.75, 3.05) is 20.1 Å². The Morgan fingerprint density at radius 1 is 1.08 bits per heavy atom. The van der Waals surface area contributed by atoms with Crippen LogP contribution in [0.4, 0.5) is 4.39 Å². The average Bonchev–Trinajstić information content (AvgIpc) is 3.06. The number of halogens is 1. The Kier molecular flexibility index (Phi) is 7.29. The zero-order valence-corrected chi connectivity index (χ0v) is 16.0. The van der Waals surface area contributed by atoms with Gasteiger partial charge in [0.15, 0.2) is 0 Å². The van der Waals surface area contributed by atoms with Gasteiger partial charge in [0.25, 0.3) is 0 Å². The Hall–Kier alpha value is -2.25. The van der Waals surface area contributed by atoms with Gasteiger partial charge >= 0.3 is 0 Å². The van der Waals surface area contributed by atoms with E-state index in [9.17, 15) is 14.0 Å². The van der Waals surface area contributed by atoms with Gasteiger partial charge in [0, 0.05) is 10.9 Å². The summed E-state index contributed by atoms with van der Waals surface area (Å²) in [5.41, 5.74) is 0.808. The predicted molar refractivity (Wildman–Crippen MR) is 101 cm³/mol. The molecule has 0 saturated carbocycles. The van der Waals surface area contributed by atoms with Crippen molar-refractivity contribution in [2.24, 2.45) is 0 Å². The minimum absolute atomic E-state index is 0.0615. The molecule has 1 atom stereocenters. The van der Waals surface area contributed by atoms with E-state index >= 15 is 0 Å². The first-order valence-electron chi connectivity index (χ1n) is 8.41. The number of nitrogens with one attached hydrogen (secondary N) is 2. The fourth-order valence-corrected chi connectivity index (χ4v) is 3.35. The van der Waals surface area contributed by atoms with Crippen LogP contribution in [-0.4, -0.2) is 42.9 Å². The monoisotopic (exact) mass is 377 g/mol. The predicted octanol–water partition coefficient (Wildman–Crippen LogP) is 2.55. The van der Waals surface area contributed by atoms with Crippen molar-refractivity contribution in [3.63, 3.8) is 0 Å². The number of nitrogens with zero attached hydrogens (tertiary/aromatic N) is 1. The van der Waals surface area contributed by atoms with Crippen LogP contribution in [0.15, 0.2) is 41.8 Å². The van der Waals surface area contributed by atoms with E-state index in [1.807, 2.05) is 31.4 Å². The van der Waals surface area contributed by atoms with Crippen LogP contribution in [0, 0.1) is 5.82 Å². The average molecular weight is 377 g/mol. The molecule has 2 amide bonds. The zero-order valence-electron chi connectivity index (χ0n) is 15.2. The lowest BCUT2D eigenvalue weighted by atomic mass is 10.1. The molecule has 0 aliphatic carbocycles. The summed E-state index contributed by atoms with van der Waals surface area (Å²) >= 11 is 1.52. The van der Waals surface area contributed by atoms with E-state index in [1.54, 1.807) is 24.1 Å². The number of amides is 2. The summed E-state index contributed by atoms with van der Waals surface area (Å²) < 4.78 is 13.2. The van der Waals surface area contributed by atoms with Gasteiger partial charge in [-0.05, 0) is 50.0 Å². The van der Waals surface area contributed by atoms with Crippen LogP contribution in [0.25, 0.3) is 0 Å². The molecule has 1 aromatic heterocycles. The van der Waals surface area contributed by atoms with Crippen molar-refractivity contribution >= 4 is 23.2 Å². The lowest BCUT2D eigenvalue weighted by molar-refractivity contribution is -0.125. The molecule has 2 N–H and O–H groups in total. The summed E-state index contributed by atoms with van der Waals surface area (Å²) in [6.07, 6.45) is 0. The zero-order chi connectivity index (χ0) is 19.1. The van der Waals surface area contributed by atoms with Crippen molar-refractivity contribution in [1.29, 1.82) is 0 Å². The van der Waals surface area contributed by atoms with Gasteiger partial charge < -0.3 is 10.6 Å². The van der Waals surface area contributed by atoms with Gasteiger partial charge in [-0.3, -0.25) is 14.5 Å². The molecule has 140 valence electrons. The Labute approximate surface area is 157 Å². The molecule has 1 aromatic carbocycles. The van der Waals surface area contributed by atoms with Crippen molar-refractivity contribution in [2.45, 2.75) is 25.9 Å². The van der Waals surface area contributed by atoms with Crippen LogP contribution in [-0.2, 0) is 9.59 Å². The molecule has 0 fully saturated rings. The van der Waals surface area contributed by atoms with E-state index in [2.05, 4.69) is 10.6 Å². The maximum absolute atomic E-state index is 13.2. The van der Waals surface area contributed by atoms with Gasteiger partial charge in [-0.1, -0.05) is 18.2 Å². The topological polar surface area (TPSA) is 61.4 Å². The second-order valence-corrected chi connectivity index (χ2v) is 7.44. The van der Waals surface area contributed by atoms with Crippen LogP contribution in [0.5, 0.6) is 0 Å². The largest absolute Gasteiger partial charge is 0.353 e. The summed E-state index contributed by atoms with van der Waals surface area (Å²) in [6.45, 7) is 4.01. The molecule has 2 rings (SSSR count). The van der Waals surface area contributed by atoms with E-state index in [4.69, 9.17) is 0 Å². The highest BCUT2D eigenvalue weighted by Gasteiger charge is 2.19.